The third-order valence-electron chi connectivity index (χ3n) is 9.87. The molecule has 52 heavy (non-hydrogen) atoms. The van der Waals surface area contributed by atoms with Crippen LogP contribution in [0.5, 0.6) is 0 Å². The monoisotopic (exact) mass is 662 g/mol. The Morgan fingerprint density at radius 1 is 0.308 bits per heavy atom. The zero-order valence-corrected chi connectivity index (χ0v) is 28.1. The van der Waals surface area contributed by atoms with Crippen LogP contribution in [-0.4, -0.2) is 19.9 Å². The lowest BCUT2D eigenvalue weighted by Crippen LogP contribution is -1.95. The quantitative estimate of drug-likeness (QED) is 0.172. The van der Waals surface area contributed by atoms with E-state index in [-0.39, 0.29) is 0 Å². The van der Waals surface area contributed by atoms with Crippen molar-refractivity contribution >= 4 is 43.5 Å². The predicted molar refractivity (Wildman–Crippen MR) is 215 cm³/mol. The summed E-state index contributed by atoms with van der Waals surface area (Å²) in [4.78, 5) is 20.5. The number of fused-ring (bicyclic) bond motifs is 5. The second-order valence-electron chi connectivity index (χ2n) is 13.1. The molecule has 0 amide bonds. The lowest BCUT2D eigenvalue weighted by Gasteiger charge is -2.12. The molecule has 0 saturated carbocycles. The van der Waals surface area contributed by atoms with E-state index in [0.717, 1.165) is 89.0 Å². The first-order valence-electron chi connectivity index (χ1n) is 17.5. The van der Waals surface area contributed by atoms with Gasteiger partial charge in [-0.25, -0.2) is 19.9 Å². The van der Waals surface area contributed by atoms with E-state index in [2.05, 4.69) is 158 Å². The van der Waals surface area contributed by atoms with Gasteiger partial charge in [0, 0.05) is 38.4 Å². The zero-order valence-electron chi connectivity index (χ0n) is 28.1. The number of hydrogen-bond acceptors (Lipinski definition) is 4. The van der Waals surface area contributed by atoms with Gasteiger partial charge in [0.15, 0.2) is 5.82 Å². The Hall–Kier alpha value is -7.04. The molecule has 3 heterocycles. The highest BCUT2D eigenvalue weighted by Gasteiger charge is 2.14. The Labute approximate surface area is 300 Å². The number of pyridine rings is 2. The van der Waals surface area contributed by atoms with Crippen LogP contribution in [0.15, 0.2) is 182 Å². The Bertz CT molecular complexity index is 2930. The molecule has 7 aromatic carbocycles. The van der Waals surface area contributed by atoms with Crippen molar-refractivity contribution in [2.75, 3.05) is 0 Å². The van der Waals surface area contributed by atoms with Crippen molar-refractivity contribution in [1.29, 1.82) is 0 Å². The molecule has 0 N–H and O–H groups in total. The molecule has 242 valence electrons. The van der Waals surface area contributed by atoms with Crippen LogP contribution in [0.2, 0.25) is 0 Å². The van der Waals surface area contributed by atoms with E-state index >= 15 is 0 Å². The molecule has 0 aliphatic rings. The van der Waals surface area contributed by atoms with Crippen molar-refractivity contribution in [2.24, 2.45) is 0 Å². The Morgan fingerprint density at radius 2 is 0.904 bits per heavy atom. The fourth-order valence-corrected chi connectivity index (χ4v) is 7.20. The van der Waals surface area contributed by atoms with Crippen molar-refractivity contribution in [2.45, 2.75) is 0 Å². The van der Waals surface area contributed by atoms with Gasteiger partial charge in [0.2, 0.25) is 0 Å². The van der Waals surface area contributed by atoms with E-state index in [1.54, 1.807) is 0 Å². The first-order chi connectivity index (χ1) is 25.7. The number of rotatable bonds is 5. The minimum atomic E-state index is 0.722. The summed E-state index contributed by atoms with van der Waals surface area (Å²) in [7, 11) is 0. The Morgan fingerprint density at radius 3 is 1.67 bits per heavy atom. The van der Waals surface area contributed by atoms with Crippen LogP contribution in [0.3, 0.4) is 0 Å². The van der Waals surface area contributed by atoms with E-state index in [0.29, 0.717) is 0 Å². The molecule has 0 bridgehead atoms. The first kappa shape index (κ1) is 29.8. The molecular formula is C48H30N4. The number of aromatic nitrogens is 4. The maximum Gasteiger partial charge on any atom is 0.160 e. The molecular weight excluding hydrogens is 633 g/mol. The lowest BCUT2D eigenvalue weighted by atomic mass is 9.98. The van der Waals surface area contributed by atoms with Gasteiger partial charge in [-0.2, -0.15) is 0 Å². The smallest absolute Gasteiger partial charge is 0.160 e. The van der Waals surface area contributed by atoms with Crippen molar-refractivity contribution in [3.8, 4) is 56.3 Å². The molecule has 10 aromatic rings. The maximum atomic E-state index is 5.22. The van der Waals surface area contributed by atoms with Gasteiger partial charge in [-0.15, -0.1) is 0 Å². The minimum absolute atomic E-state index is 0.722. The van der Waals surface area contributed by atoms with E-state index in [4.69, 9.17) is 19.9 Å². The van der Waals surface area contributed by atoms with Gasteiger partial charge < -0.3 is 0 Å². The molecule has 4 heteroatoms. The summed E-state index contributed by atoms with van der Waals surface area (Å²) < 4.78 is 0. The standard InChI is InChI=1S/C48H30N4/c1-3-11-34(12-4-1)45-41-30-38(26-29-44(41)51-48(52-45)37-13-5-2-6-14-37)31-18-20-33(21-19-31)42-27-24-35-22-23-36-25-28-43(50-47(36)46(35)49-42)40-17-9-15-32-10-7-8-16-39(32)40/h1-30H. The normalized spacial score (nSPS) is 11.5. The van der Waals surface area contributed by atoms with Gasteiger partial charge >= 0.3 is 0 Å². The number of nitrogens with zero attached hydrogens (tertiary/aromatic N) is 4. The minimum Gasteiger partial charge on any atom is -0.245 e. The van der Waals surface area contributed by atoms with Crippen LogP contribution in [0.4, 0.5) is 0 Å². The molecule has 0 radical (unpaired) electrons. The third kappa shape index (κ3) is 5.26. The molecule has 0 saturated heterocycles. The lowest BCUT2D eigenvalue weighted by molar-refractivity contribution is 1.23. The molecule has 0 unspecified atom stereocenters. The van der Waals surface area contributed by atoms with Gasteiger partial charge in [0.25, 0.3) is 0 Å². The molecule has 10 rings (SSSR count). The second kappa shape index (κ2) is 12.4. The topological polar surface area (TPSA) is 51.6 Å². The van der Waals surface area contributed by atoms with E-state index in [9.17, 15) is 0 Å². The highest BCUT2D eigenvalue weighted by molar-refractivity contribution is 6.05. The van der Waals surface area contributed by atoms with Gasteiger partial charge in [-0.1, -0.05) is 158 Å². The first-order valence-corrected chi connectivity index (χ1v) is 17.5. The molecule has 0 aliphatic carbocycles. The fraction of sp³-hybridized carbons (Fsp3) is 0. The van der Waals surface area contributed by atoms with E-state index in [1.165, 1.54) is 10.8 Å². The second-order valence-corrected chi connectivity index (χ2v) is 13.1. The van der Waals surface area contributed by atoms with Crippen LogP contribution >= 0.6 is 0 Å². The van der Waals surface area contributed by atoms with Crippen molar-refractivity contribution in [1.82, 2.24) is 19.9 Å². The van der Waals surface area contributed by atoms with Gasteiger partial charge in [0.1, 0.15) is 0 Å². The Balaban J connectivity index is 1.03. The summed E-state index contributed by atoms with van der Waals surface area (Å²) in [5.41, 5.74) is 12.0. The Kier molecular flexibility index (Phi) is 7.10. The van der Waals surface area contributed by atoms with Gasteiger partial charge in [0.05, 0.1) is 33.6 Å². The van der Waals surface area contributed by atoms with Gasteiger partial charge in [-0.05, 0) is 46.2 Å². The number of benzene rings is 7. The van der Waals surface area contributed by atoms with Crippen LogP contribution in [-0.2, 0) is 0 Å². The predicted octanol–water partition coefficient (Wildman–Crippen LogP) is 12.2. The highest BCUT2D eigenvalue weighted by atomic mass is 14.9. The third-order valence-corrected chi connectivity index (χ3v) is 9.87. The van der Waals surface area contributed by atoms with Crippen LogP contribution < -0.4 is 0 Å². The average Bonchev–Trinajstić information content (AvgIpc) is 3.23. The zero-order chi connectivity index (χ0) is 34.4. The van der Waals surface area contributed by atoms with Crippen molar-refractivity contribution in [3.05, 3.63) is 182 Å². The van der Waals surface area contributed by atoms with Crippen molar-refractivity contribution < 1.29 is 0 Å². The van der Waals surface area contributed by atoms with Crippen LogP contribution in [0, 0.1) is 0 Å². The molecule has 3 aromatic heterocycles. The SMILES string of the molecule is c1ccc(-c2nc(-c3ccccc3)c3cc(-c4ccc(-c5ccc6ccc7ccc(-c8cccc9ccccc89)nc7c6n5)cc4)ccc3n2)cc1. The van der Waals surface area contributed by atoms with Crippen molar-refractivity contribution in [3.63, 3.8) is 0 Å². The largest absolute Gasteiger partial charge is 0.245 e. The number of hydrogen-bond donors (Lipinski definition) is 0. The average molecular weight is 663 g/mol. The highest BCUT2D eigenvalue weighted by Crippen LogP contribution is 2.35. The van der Waals surface area contributed by atoms with Crippen LogP contribution in [0.25, 0.3) is 99.8 Å². The molecule has 0 atom stereocenters. The maximum absolute atomic E-state index is 5.22. The molecule has 4 nitrogen and oxygen atoms in total. The summed E-state index contributed by atoms with van der Waals surface area (Å²) in [6.07, 6.45) is 0. The van der Waals surface area contributed by atoms with E-state index in [1.807, 2.05) is 24.3 Å². The summed E-state index contributed by atoms with van der Waals surface area (Å²) in [5, 5.41) is 5.56. The van der Waals surface area contributed by atoms with E-state index < -0.39 is 0 Å². The molecule has 0 aliphatic heterocycles. The van der Waals surface area contributed by atoms with Gasteiger partial charge in [-0.3, -0.25) is 0 Å². The summed E-state index contributed by atoms with van der Waals surface area (Å²) in [5.74, 6) is 0.722. The summed E-state index contributed by atoms with van der Waals surface area (Å²) in [6, 6.07) is 63.3. The summed E-state index contributed by atoms with van der Waals surface area (Å²) in [6.45, 7) is 0. The molecule has 0 fully saturated rings. The van der Waals surface area contributed by atoms with Crippen LogP contribution in [0.1, 0.15) is 0 Å². The fourth-order valence-electron chi connectivity index (χ4n) is 7.20. The summed E-state index contributed by atoms with van der Waals surface area (Å²) >= 11 is 0. The molecule has 0 spiro atoms.